The molecule has 1 unspecified atom stereocenters. The molecule has 0 aromatic heterocycles. The third-order valence-electron chi connectivity index (χ3n) is 0.467. The summed E-state index contributed by atoms with van der Waals surface area (Å²) in [5, 5.41) is 0. The lowest BCUT2D eigenvalue weighted by atomic mass is 10.5. The molecule has 0 saturated carbocycles. The van der Waals surface area contributed by atoms with Crippen molar-refractivity contribution >= 4 is 20.0 Å². The first-order chi connectivity index (χ1) is 4.04. The van der Waals surface area contributed by atoms with Gasteiger partial charge in [-0.05, 0) is 0 Å². The van der Waals surface area contributed by atoms with Crippen molar-refractivity contribution in [1.29, 1.82) is 0 Å². The first kappa shape index (κ1) is 8.33. The van der Waals surface area contributed by atoms with Gasteiger partial charge in [-0.3, -0.25) is 4.79 Å². The molecule has 1 atom stereocenters. The van der Waals surface area contributed by atoms with Gasteiger partial charge >= 0.3 is 14.2 Å². The molecule has 1 N–H and O–H groups in total. The van der Waals surface area contributed by atoms with Crippen molar-refractivity contribution in [2.24, 2.45) is 0 Å². The third-order valence-corrected chi connectivity index (χ3v) is 0.827. The van der Waals surface area contributed by atoms with E-state index in [0.29, 0.717) is 0 Å². The van der Waals surface area contributed by atoms with Crippen LogP contribution in [0, 0.1) is 0 Å². The van der Waals surface area contributed by atoms with Gasteiger partial charge in [-0.25, -0.2) is 9.36 Å². The van der Waals surface area contributed by atoms with Gasteiger partial charge in [0.05, 0.1) is 0 Å². The fourth-order valence-corrected chi connectivity index (χ4v) is 0.453. The van der Waals surface area contributed by atoms with E-state index in [1.54, 1.807) is 0 Å². The fourth-order valence-electron chi connectivity index (χ4n) is 0.151. The molecule has 0 saturated heterocycles. The quantitative estimate of drug-likeness (QED) is 0.426. The molecule has 6 heteroatoms. The number of hydrogen-bond acceptors (Lipinski definition) is 4. The average Bonchev–Trinajstić information content (AvgIpc) is 1.63. The first-order valence-electron chi connectivity index (χ1n) is 1.99. The topological polar surface area (TPSA) is 80.7 Å². The summed E-state index contributed by atoms with van der Waals surface area (Å²) >= 11 is 0. The highest BCUT2D eigenvalue weighted by Crippen LogP contribution is 2.13. The fraction of sp³-hybridized carbons (Fsp3) is 0.333. The van der Waals surface area contributed by atoms with Crippen LogP contribution in [0.25, 0.3) is 0 Å². The minimum absolute atomic E-state index is 0.887. The van der Waals surface area contributed by atoms with Crippen LogP contribution in [-0.4, -0.2) is 16.6 Å². The van der Waals surface area contributed by atoms with Gasteiger partial charge in [-0.15, -0.1) is 0 Å². The summed E-state index contributed by atoms with van der Waals surface area (Å²) in [6, 6.07) is 0. The minimum atomic E-state index is -3.30. The first-order valence-corrected chi connectivity index (χ1v) is 3.26. The van der Waals surface area contributed by atoms with Crippen molar-refractivity contribution in [3.8, 4) is 0 Å². The van der Waals surface area contributed by atoms with Gasteiger partial charge < -0.3 is 9.42 Å². The zero-order valence-corrected chi connectivity index (χ0v) is 5.58. The van der Waals surface area contributed by atoms with Crippen LogP contribution in [0.4, 0.5) is 0 Å². The van der Waals surface area contributed by atoms with Crippen LogP contribution >= 0.6 is 8.25 Å². The monoisotopic (exact) mass is 152 g/mol. The molecule has 0 amide bonds. The molecule has 0 aliphatic rings. The van der Waals surface area contributed by atoms with Crippen LogP contribution < -0.4 is 0 Å². The summed E-state index contributed by atoms with van der Waals surface area (Å²) in [6.45, 7) is 0.952. The van der Waals surface area contributed by atoms with E-state index in [-0.39, 0.29) is 0 Å². The summed E-state index contributed by atoms with van der Waals surface area (Å²) < 4.78 is 13.3. The van der Waals surface area contributed by atoms with Crippen LogP contribution in [0.5, 0.6) is 0 Å². The second-order valence-electron chi connectivity index (χ2n) is 1.21. The number of ketones is 1. The van der Waals surface area contributed by atoms with Gasteiger partial charge in [0.1, 0.15) is 0 Å². The predicted octanol–water partition coefficient (Wildman–Crippen LogP) is -0.499. The maximum absolute atomic E-state index is 10.0. The molecule has 0 heterocycles. The molecule has 0 aromatic carbocycles. The third kappa shape index (κ3) is 3.88. The highest BCUT2D eigenvalue weighted by Gasteiger charge is 2.10. The predicted molar refractivity (Wildman–Crippen MR) is 28.0 cm³/mol. The van der Waals surface area contributed by atoms with E-state index in [9.17, 15) is 14.2 Å². The number of carbonyl (C=O) groups excluding carboxylic acids is 2. The lowest BCUT2D eigenvalue weighted by Crippen LogP contribution is -2.09. The highest BCUT2D eigenvalue weighted by atomic mass is 31.1. The van der Waals surface area contributed by atoms with E-state index in [4.69, 9.17) is 4.89 Å². The van der Waals surface area contributed by atoms with E-state index in [2.05, 4.69) is 4.52 Å². The van der Waals surface area contributed by atoms with Crippen molar-refractivity contribution in [3.63, 3.8) is 0 Å². The smallest absolute Gasteiger partial charge is 0.380 e. The summed E-state index contributed by atoms with van der Waals surface area (Å²) in [7, 11) is -3.30. The van der Waals surface area contributed by atoms with E-state index in [1.807, 2.05) is 0 Å². The van der Waals surface area contributed by atoms with Gasteiger partial charge in [0, 0.05) is 6.92 Å². The molecule has 0 aliphatic carbocycles. The van der Waals surface area contributed by atoms with Gasteiger partial charge in [0.25, 0.3) is 0 Å². The Hall–Kier alpha value is -0.670. The van der Waals surface area contributed by atoms with Gasteiger partial charge in [-0.2, -0.15) is 0 Å². The lowest BCUT2D eigenvalue weighted by Gasteiger charge is -1.92. The van der Waals surface area contributed by atoms with E-state index in [1.165, 1.54) is 0 Å². The van der Waals surface area contributed by atoms with E-state index >= 15 is 0 Å². The summed E-state index contributed by atoms with van der Waals surface area (Å²) in [5.41, 5.74) is 0. The molecule has 52 valence electrons. The van der Waals surface area contributed by atoms with Crippen LogP contribution in [0.2, 0.25) is 0 Å². The number of carbonyl (C=O) groups is 2. The van der Waals surface area contributed by atoms with Gasteiger partial charge in [0.2, 0.25) is 5.78 Å². The Bertz CT molecular complexity index is 162. The van der Waals surface area contributed by atoms with Crippen LogP contribution in [0.15, 0.2) is 0 Å². The van der Waals surface area contributed by atoms with Gasteiger partial charge in [-0.1, -0.05) is 0 Å². The summed E-state index contributed by atoms with van der Waals surface area (Å²) in [4.78, 5) is 27.9. The van der Waals surface area contributed by atoms with Crippen molar-refractivity contribution < 1.29 is 23.6 Å². The number of Topliss-reactive ketones (excluding diaryl/α,β-unsaturated/α-hetero) is 1. The summed E-state index contributed by atoms with van der Waals surface area (Å²) in [5.74, 6) is -2.16. The summed E-state index contributed by atoms with van der Waals surface area (Å²) in [6.07, 6.45) is 0. The van der Waals surface area contributed by atoms with E-state index < -0.39 is 20.0 Å². The van der Waals surface area contributed by atoms with Crippen molar-refractivity contribution in [2.45, 2.75) is 6.92 Å². The van der Waals surface area contributed by atoms with Crippen molar-refractivity contribution in [2.75, 3.05) is 0 Å². The molecule has 9 heavy (non-hydrogen) atoms. The molecular formula is C3H5O5P. The number of rotatable bonds is 2. The zero-order chi connectivity index (χ0) is 7.44. The SMILES string of the molecule is CC(=O)C(=O)O[PH](=O)O. The molecule has 0 spiro atoms. The average molecular weight is 152 g/mol. The Morgan fingerprint density at radius 1 is 1.56 bits per heavy atom. The maximum Gasteiger partial charge on any atom is 0.380 e. The Morgan fingerprint density at radius 3 is 2.11 bits per heavy atom. The second kappa shape index (κ2) is 3.37. The normalized spacial score (nSPS) is 12.2. The van der Waals surface area contributed by atoms with Crippen LogP contribution in [0.3, 0.4) is 0 Å². The van der Waals surface area contributed by atoms with Crippen molar-refractivity contribution in [1.82, 2.24) is 0 Å². The molecule has 5 nitrogen and oxygen atoms in total. The van der Waals surface area contributed by atoms with E-state index in [0.717, 1.165) is 6.92 Å². The largest absolute Gasteiger partial charge is 0.388 e. The molecule has 0 bridgehead atoms. The second-order valence-corrected chi connectivity index (χ2v) is 1.95. The molecular weight excluding hydrogens is 147 g/mol. The molecule has 0 aromatic rings. The Morgan fingerprint density at radius 2 is 2.00 bits per heavy atom. The Kier molecular flexibility index (Phi) is 3.12. The lowest BCUT2D eigenvalue weighted by molar-refractivity contribution is -0.146. The highest BCUT2D eigenvalue weighted by molar-refractivity contribution is 7.33. The maximum atomic E-state index is 10.0. The molecule has 0 radical (unpaired) electrons. The molecule has 0 fully saturated rings. The molecule has 0 aliphatic heterocycles. The minimum Gasteiger partial charge on any atom is -0.388 e. The van der Waals surface area contributed by atoms with Crippen molar-refractivity contribution in [3.05, 3.63) is 0 Å². The van der Waals surface area contributed by atoms with Gasteiger partial charge in [0.15, 0.2) is 0 Å². The molecule has 0 rings (SSSR count). The standard InChI is InChI=1S/C3H5O5P/c1-2(4)3(5)8-9(6)7/h9H,1H3,(H,6,7). The zero-order valence-electron chi connectivity index (χ0n) is 4.58. The number of hydrogen-bond donors (Lipinski definition) is 1. The van der Waals surface area contributed by atoms with Crippen LogP contribution in [0.1, 0.15) is 6.92 Å². The Balaban J connectivity index is 3.79. The van der Waals surface area contributed by atoms with Crippen LogP contribution in [-0.2, 0) is 18.7 Å². The Labute approximate surface area is 51.6 Å².